The Morgan fingerprint density at radius 3 is 2.78 bits per heavy atom. The fraction of sp³-hybridized carbons (Fsp3) is 1.00. The number of alkyl halides is 2. The molecule has 0 radical (unpaired) electrons. The van der Waals surface area contributed by atoms with Gasteiger partial charge in [-0.25, -0.2) is 8.78 Å². The lowest BCUT2D eigenvalue weighted by atomic mass is 9.85. The highest BCUT2D eigenvalue weighted by molar-refractivity contribution is 4.98. The highest BCUT2D eigenvalue weighted by atomic mass is 19.3. The maximum atomic E-state index is 12.2. The number of nitrogens with zero attached hydrogens (tertiary/aromatic N) is 1. The van der Waals surface area contributed by atoms with Crippen molar-refractivity contribution in [3.63, 3.8) is 0 Å². The molecule has 2 unspecified atom stereocenters. The summed E-state index contributed by atoms with van der Waals surface area (Å²) in [7, 11) is 1.73. The van der Waals surface area contributed by atoms with E-state index in [2.05, 4.69) is 5.32 Å². The molecule has 0 aliphatic heterocycles. The fourth-order valence-corrected chi connectivity index (χ4v) is 3.12. The molecule has 18 heavy (non-hydrogen) atoms. The van der Waals surface area contributed by atoms with Crippen LogP contribution in [0.2, 0.25) is 0 Å². The molecule has 1 rings (SSSR count). The van der Waals surface area contributed by atoms with Gasteiger partial charge in [-0.1, -0.05) is 13.3 Å². The van der Waals surface area contributed by atoms with Crippen molar-refractivity contribution in [2.24, 2.45) is 5.92 Å². The molecule has 0 bridgehead atoms. The molecule has 0 aromatic heterocycles. The molecule has 1 fully saturated rings. The second kappa shape index (κ2) is 7.36. The third-order valence-corrected chi connectivity index (χ3v) is 4.08. The molecule has 0 aromatic rings. The average molecular weight is 264 g/mol. The van der Waals surface area contributed by atoms with E-state index in [1.807, 2.05) is 6.92 Å². The highest BCUT2D eigenvalue weighted by Gasteiger charge is 2.41. The van der Waals surface area contributed by atoms with E-state index in [1.54, 1.807) is 11.9 Å². The Bertz CT molecular complexity index is 241. The van der Waals surface area contributed by atoms with Crippen LogP contribution in [-0.4, -0.2) is 55.3 Å². The van der Waals surface area contributed by atoms with Gasteiger partial charge in [0.05, 0.1) is 13.2 Å². The molecule has 5 heteroatoms. The predicted molar refractivity (Wildman–Crippen MR) is 69.0 cm³/mol. The molecule has 0 amide bonds. The smallest absolute Gasteiger partial charge is 0.251 e. The van der Waals surface area contributed by atoms with Gasteiger partial charge in [0.2, 0.25) is 0 Å². The predicted octanol–water partition coefficient (Wildman–Crippen LogP) is 1.71. The third kappa shape index (κ3) is 4.14. The first-order valence-corrected chi connectivity index (χ1v) is 6.86. The maximum absolute atomic E-state index is 12.2. The number of nitrogens with one attached hydrogen (secondary N) is 1. The summed E-state index contributed by atoms with van der Waals surface area (Å²) < 4.78 is 24.5. The molecular weight excluding hydrogens is 238 g/mol. The van der Waals surface area contributed by atoms with E-state index in [-0.39, 0.29) is 18.7 Å². The van der Waals surface area contributed by atoms with Crippen molar-refractivity contribution in [2.75, 3.05) is 33.3 Å². The zero-order chi connectivity index (χ0) is 13.6. The van der Waals surface area contributed by atoms with Crippen LogP contribution >= 0.6 is 0 Å². The maximum Gasteiger partial charge on any atom is 0.251 e. The summed E-state index contributed by atoms with van der Waals surface area (Å²) in [5.74, 6) is 0.391. The van der Waals surface area contributed by atoms with E-state index in [0.717, 1.165) is 32.2 Å². The lowest BCUT2D eigenvalue weighted by molar-refractivity contribution is 0.0859. The van der Waals surface area contributed by atoms with Crippen molar-refractivity contribution in [3.05, 3.63) is 0 Å². The highest BCUT2D eigenvalue weighted by Crippen LogP contribution is 2.37. The SMILES string of the molecule is CCNC1(CO)CCCC1CCN(C)CC(F)F. The van der Waals surface area contributed by atoms with Crippen LogP contribution in [0.4, 0.5) is 8.78 Å². The minimum atomic E-state index is -2.27. The molecule has 0 heterocycles. The van der Waals surface area contributed by atoms with Crippen molar-refractivity contribution < 1.29 is 13.9 Å². The van der Waals surface area contributed by atoms with Crippen LogP contribution in [0.25, 0.3) is 0 Å². The van der Waals surface area contributed by atoms with Gasteiger partial charge in [0, 0.05) is 5.54 Å². The molecule has 0 spiro atoms. The monoisotopic (exact) mass is 264 g/mol. The van der Waals surface area contributed by atoms with E-state index < -0.39 is 6.43 Å². The topological polar surface area (TPSA) is 35.5 Å². The molecule has 0 saturated heterocycles. The van der Waals surface area contributed by atoms with E-state index in [4.69, 9.17) is 0 Å². The minimum Gasteiger partial charge on any atom is -0.394 e. The quantitative estimate of drug-likeness (QED) is 0.700. The van der Waals surface area contributed by atoms with Crippen molar-refractivity contribution >= 4 is 0 Å². The second-order valence-corrected chi connectivity index (χ2v) is 5.38. The van der Waals surface area contributed by atoms with Gasteiger partial charge in [0.15, 0.2) is 0 Å². The lowest BCUT2D eigenvalue weighted by Gasteiger charge is -2.35. The van der Waals surface area contributed by atoms with Crippen LogP contribution in [0.15, 0.2) is 0 Å². The molecule has 1 aliphatic rings. The van der Waals surface area contributed by atoms with Crippen molar-refractivity contribution in [1.82, 2.24) is 10.2 Å². The van der Waals surface area contributed by atoms with Crippen LogP contribution in [0, 0.1) is 5.92 Å². The van der Waals surface area contributed by atoms with Crippen LogP contribution in [0.1, 0.15) is 32.6 Å². The average Bonchev–Trinajstić information content (AvgIpc) is 2.70. The van der Waals surface area contributed by atoms with E-state index in [9.17, 15) is 13.9 Å². The molecule has 1 aliphatic carbocycles. The molecule has 2 atom stereocenters. The summed E-state index contributed by atoms with van der Waals surface area (Å²) in [5.41, 5.74) is -0.180. The summed E-state index contributed by atoms with van der Waals surface area (Å²) in [6, 6.07) is 0. The third-order valence-electron chi connectivity index (χ3n) is 4.08. The van der Waals surface area contributed by atoms with Crippen LogP contribution < -0.4 is 5.32 Å². The Balaban J connectivity index is 2.44. The van der Waals surface area contributed by atoms with Crippen LogP contribution in [0.5, 0.6) is 0 Å². The normalized spacial score (nSPS) is 28.5. The Labute approximate surface area is 109 Å². The van der Waals surface area contributed by atoms with Crippen molar-refractivity contribution in [1.29, 1.82) is 0 Å². The first kappa shape index (κ1) is 15.8. The Morgan fingerprint density at radius 1 is 1.50 bits per heavy atom. The molecule has 108 valence electrons. The Kier molecular flexibility index (Phi) is 6.46. The van der Waals surface area contributed by atoms with Gasteiger partial charge in [-0.3, -0.25) is 0 Å². The Morgan fingerprint density at radius 2 is 2.22 bits per heavy atom. The summed E-state index contributed by atoms with van der Waals surface area (Å²) in [5, 5.41) is 13.0. The summed E-state index contributed by atoms with van der Waals surface area (Å²) >= 11 is 0. The molecule has 1 saturated carbocycles. The largest absolute Gasteiger partial charge is 0.394 e. The fourth-order valence-electron chi connectivity index (χ4n) is 3.12. The summed E-state index contributed by atoms with van der Waals surface area (Å²) in [6.07, 6.45) is 1.78. The van der Waals surface area contributed by atoms with E-state index in [1.165, 1.54) is 0 Å². The second-order valence-electron chi connectivity index (χ2n) is 5.38. The number of likely N-dealkylation sites (N-methyl/N-ethyl adjacent to an activating group) is 1. The molecule has 2 N–H and O–H groups in total. The van der Waals surface area contributed by atoms with Gasteiger partial charge >= 0.3 is 0 Å². The van der Waals surface area contributed by atoms with Crippen molar-refractivity contribution in [2.45, 2.75) is 44.6 Å². The summed E-state index contributed by atoms with van der Waals surface area (Å²) in [6.45, 7) is 3.52. The zero-order valence-corrected chi connectivity index (χ0v) is 11.5. The van der Waals surface area contributed by atoms with Gasteiger partial charge in [0.25, 0.3) is 6.43 Å². The number of hydrogen-bond acceptors (Lipinski definition) is 3. The number of aliphatic hydroxyl groups excluding tert-OH is 1. The van der Waals surface area contributed by atoms with Gasteiger partial charge < -0.3 is 15.3 Å². The number of halogens is 2. The van der Waals surface area contributed by atoms with Gasteiger partial charge in [-0.15, -0.1) is 0 Å². The number of rotatable bonds is 8. The van der Waals surface area contributed by atoms with Gasteiger partial charge in [0.1, 0.15) is 0 Å². The van der Waals surface area contributed by atoms with E-state index >= 15 is 0 Å². The molecule has 0 aromatic carbocycles. The van der Waals surface area contributed by atoms with Gasteiger partial charge in [-0.05, 0) is 45.3 Å². The Hall–Kier alpha value is -0.260. The van der Waals surface area contributed by atoms with Crippen molar-refractivity contribution in [3.8, 4) is 0 Å². The standard InChI is InChI=1S/C13H26F2N2O/c1-3-16-13(10-18)7-4-5-11(13)6-8-17(2)9-12(14)15/h11-12,16,18H,3-10H2,1-2H3. The summed E-state index contributed by atoms with van der Waals surface area (Å²) in [4.78, 5) is 1.68. The first-order valence-electron chi connectivity index (χ1n) is 6.86. The van der Waals surface area contributed by atoms with E-state index in [0.29, 0.717) is 12.5 Å². The molecule has 3 nitrogen and oxygen atoms in total. The first-order chi connectivity index (χ1) is 8.54. The van der Waals surface area contributed by atoms with Gasteiger partial charge in [-0.2, -0.15) is 0 Å². The van der Waals surface area contributed by atoms with Crippen LogP contribution in [0.3, 0.4) is 0 Å². The minimum absolute atomic E-state index is 0.143. The number of hydrogen-bond donors (Lipinski definition) is 2. The zero-order valence-electron chi connectivity index (χ0n) is 11.5. The van der Waals surface area contributed by atoms with Crippen LogP contribution in [-0.2, 0) is 0 Å². The number of aliphatic hydroxyl groups is 1. The lowest BCUT2D eigenvalue weighted by Crippen LogP contribution is -2.51. The molecular formula is C13H26F2N2O.